The second kappa shape index (κ2) is 11.0. The van der Waals surface area contributed by atoms with Crippen molar-refractivity contribution in [2.75, 3.05) is 13.2 Å². The summed E-state index contributed by atoms with van der Waals surface area (Å²) in [4.78, 5) is 22.1. The van der Waals surface area contributed by atoms with Gasteiger partial charge in [0.2, 0.25) is 0 Å². The molecule has 0 rings (SSSR count). The van der Waals surface area contributed by atoms with Gasteiger partial charge in [-0.1, -0.05) is 0 Å². The minimum atomic E-state index is -7.91. The predicted octanol–water partition coefficient (Wildman–Crippen LogP) is 6.84. The topological polar surface area (TPSA) is 52.6 Å². The van der Waals surface area contributed by atoms with E-state index in [0.29, 0.717) is 0 Å². The van der Waals surface area contributed by atoms with Crippen LogP contribution in [0.1, 0.15) is 0 Å². The van der Waals surface area contributed by atoms with E-state index in [0.717, 1.165) is 0 Å². The highest BCUT2D eigenvalue weighted by Gasteiger charge is 2.88. The fraction of sp³-hybridized carbons (Fsp3) is 0.750. The maximum absolute atomic E-state index is 13.3. The number of alkyl halides is 22. The fourth-order valence-corrected chi connectivity index (χ4v) is 1.95. The molecule has 0 heterocycles. The van der Waals surface area contributed by atoms with Crippen LogP contribution in [0, 0.1) is 0 Å². The smallest absolute Gasteiger partial charge is 0.456 e. The van der Waals surface area contributed by atoms with Gasteiger partial charge in [-0.25, -0.2) is 9.59 Å². The maximum Gasteiger partial charge on any atom is 0.460 e. The van der Waals surface area contributed by atoms with Gasteiger partial charge >= 0.3 is 71.7 Å². The molecule has 0 aliphatic rings. The molecule has 248 valence electrons. The summed E-state index contributed by atoms with van der Waals surface area (Å²) in [6.07, 6.45) is -16.6. The molecule has 0 saturated heterocycles. The van der Waals surface area contributed by atoms with Gasteiger partial charge in [-0.2, -0.15) is 96.6 Å². The molecule has 0 amide bonds. The van der Waals surface area contributed by atoms with Crippen LogP contribution in [0.2, 0.25) is 0 Å². The number of halogens is 22. The molecule has 26 heteroatoms. The van der Waals surface area contributed by atoms with E-state index in [1.54, 1.807) is 0 Å². The Morgan fingerprint density at radius 1 is 0.381 bits per heavy atom. The van der Waals surface area contributed by atoms with Crippen molar-refractivity contribution in [2.45, 2.75) is 59.7 Å². The lowest BCUT2D eigenvalue weighted by Crippen LogP contribution is -2.67. The molecular weight excluding hydrogens is 674 g/mol. The van der Waals surface area contributed by atoms with Crippen molar-refractivity contribution in [3.63, 3.8) is 0 Å². The standard InChI is InChI=1S/C16H6F22O4/c17-7(18,9(21,22)11(25,26)13(29,30)15(33,34)35)3-41-5(39)1-2-6(40)42-4-8(19,20)10(23,24)12(27,28)14(31,32)16(36,37)38/h1-2H,3-4H2/b2-1-. The summed E-state index contributed by atoms with van der Waals surface area (Å²) in [6, 6.07) is 0. The first-order valence-electron chi connectivity index (χ1n) is 9.17. The molecule has 0 unspecified atom stereocenters. The summed E-state index contributed by atoms with van der Waals surface area (Å²) in [5, 5.41) is 0. The second-order valence-electron chi connectivity index (χ2n) is 7.40. The Bertz CT molecular complexity index is 940. The monoisotopic (exact) mass is 680 g/mol. The molecule has 0 aromatic rings. The average molecular weight is 680 g/mol. The molecule has 0 saturated carbocycles. The van der Waals surface area contributed by atoms with E-state index in [1.165, 1.54) is 0 Å². The number of hydrogen-bond donors (Lipinski definition) is 0. The summed E-state index contributed by atoms with van der Waals surface area (Å²) >= 11 is 0. The number of carbonyl (C=O) groups is 2. The fourth-order valence-electron chi connectivity index (χ4n) is 1.95. The first-order valence-corrected chi connectivity index (χ1v) is 9.17. The van der Waals surface area contributed by atoms with Gasteiger partial charge in [-0.05, 0) is 0 Å². The number of hydrogen-bond acceptors (Lipinski definition) is 4. The summed E-state index contributed by atoms with van der Waals surface area (Å²) in [5.41, 5.74) is 0. The summed E-state index contributed by atoms with van der Waals surface area (Å²) in [7, 11) is 0. The molecule has 4 nitrogen and oxygen atoms in total. The second-order valence-corrected chi connectivity index (χ2v) is 7.40. The molecule has 0 spiro atoms. The van der Waals surface area contributed by atoms with Crippen molar-refractivity contribution in [1.29, 1.82) is 0 Å². The Morgan fingerprint density at radius 2 is 0.595 bits per heavy atom. The van der Waals surface area contributed by atoms with E-state index < -0.39 is 97.0 Å². The minimum Gasteiger partial charge on any atom is -0.456 e. The molecule has 0 aliphatic heterocycles. The zero-order valence-electron chi connectivity index (χ0n) is 18.5. The average Bonchev–Trinajstić information content (AvgIpc) is 2.77. The van der Waals surface area contributed by atoms with Crippen LogP contribution in [-0.4, -0.2) is 84.9 Å². The third kappa shape index (κ3) is 6.54. The number of carbonyl (C=O) groups excluding carboxylic acids is 2. The molecule has 0 aromatic heterocycles. The van der Waals surface area contributed by atoms with Crippen LogP contribution in [-0.2, 0) is 19.1 Å². The third-order valence-corrected chi connectivity index (χ3v) is 4.36. The number of rotatable bonds is 12. The van der Waals surface area contributed by atoms with Gasteiger partial charge in [-0.3, -0.25) is 0 Å². The van der Waals surface area contributed by atoms with Crippen LogP contribution in [0.4, 0.5) is 96.6 Å². The van der Waals surface area contributed by atoms with Crippen molar-refractivity contribution in [3.8, 4) is 0 Å². The lowest BCUT2D eigenvalue weighted by molar-refractivity contribution is -0.423. The maximum atomic E-state index is 13.3. The van der Waals surface area contributed by atoms with E-state index in [4.69, 9.17) is 0 Å². The quantitative estimate of drug-likeness (QED) is 0.129. The van der Waals surface area contributed by atoms with Crippen molar-refractivity contribution in [3.05, 3.63) is 12.2 Å². The zero-order chi connectivity index (χ0) is 34.4. The molecule has 0 aromatic carbocycles. The van der Waals surface area contributed by atoms with Gasteiger partial charge in [0.25, 0.3) is 0 Å². The highest BCUT2D eigenvalue weighted by atomic mass is 19.4. The first kappa shape index (κ1) is 39.1. The Kier molecular flexibility index (Phi) is 10.3. The van der Waals surface area contributed by atoms with Crippen molar-refractivity contribution in [1.82, 2.24) is 0 Å². The normalized spacial score (nSPS) is 15.7. The van der Waals surface area contributed by atoms with Crippen LogP contribution < -0.4 is 0 Å². The SMILES string of the molecule is O=C(/C=C\C(=O)OCC(F)(F)C(F)(F)C(F)(F)C(F)(F)C(F)(F)F)OCC(F)(F)C(F)(F)C(F)(F)C(F)(F)C(F)(F)F. The van der Waals surface area contributed by atoms with Crippen molar-refractivity contribution in [2.24, 2.45) is 0 Å². The molecule has 0 fully saturated rings. The lowest BCUT2D eigenvalue weighted by atomic mass is 9.98. The van der Waals surface area contributed by atoms with E-state index >= 15 is 0 Å². The number of ether oxygens (including phenoxy) is 2. The largest absolute Gasteiger partial charge is 0.460 e. The Labute approximate surface area is 214 Å². The number of esters is 2. The Balaban J connectivity index is 5.55. The van der Waals surface area contributed by atoms with E-state index in [1.807, 2.05) is 0 Å². The summed E-state index contributed by atoms with van der Waals surface area (Å²) in [6.45, 7) is -6.96. The van der Waals surface area contributed by atoms with E-state index in [-0.39, 0.29) is 0 Å². The van der Waals surface area contributed by atoms with E-state index in [9.17, 15) is 106 Å². The highest BCUT2D eigenvalue weighted by molar-refractivity contribution is 5.91. The molecule has 42 heavy (non-hydrogen) atoms. The molecule has 0 bridgehead atoms. The van der Waals surface area contributed by atoms with Gasteiger partial charge in [-0.15, -0.1) is 0 Å². The van der Waals surface area contributed by atoms with Crippen LogP contribution in [0.15, 0.2) is 12.2 Å². The molecule has 0 N–H and O–H groups in total. The van der Waals surface area contributed by atoms with Crippen LogP contribution in [0.3, 0.4) is 0 Å². The van der Waals surface area contributed by atoms with Crippen LogP contribution in [0.5, 0.6) is 0 Å². The predicted molar refractivity (Wildman–Crippen MR) is 82.7 cm³/mol. The summed E-state index contributed by atoms with van der Waals surface area (Å²) in [5.74, 6) is -65.7. The molecule has 0 atom stereocenters. The molecule has 0 aliphatic carbocycles. The summed E-state index contributed by atoms with van der Waals surface area (Å²) < 4.78 is 287. The van der Waals surface area contributed by atoms with Gasteiger partial charge in [0.1, 0.15) is 0 Å². The third-order valence-electron chi connectivity index (χ3n) is 4.36. The molecular formula is C16H6F22O4. The van der Waals surface area contributed by atoms with Gasteiger partial charge < -0.3 is 9.47 Å². The minimum absolute atomic E-state index is 0.748. The van der Waals surface area contributed by atoms with Gasteiger partial charge in [0.05, 0.1) is 0 Å². The van der Waals surface area contributed by atoms with E-state index in [2.05, 4.69) is 9.47 Å². The van der Waals surface area contributed by atoms with Crippen molar-refractivity contribution < 1.29 is 116 Å². The Morgan fingerprint density at radius 3 is 0.786 bits per heavy atom. The lowest BCUT2D eigenvalue weighted by Gasteiger charge is -2.36. The Hall–Kier alpha value is -2.86. The van der Waals surface area contributed by atoms with Crippen molar-refractivity contribution >= 4 is 11.9 Å². The first-order chi connectivity index (χ1) is 18.0. The van der Waals surface area contributed by atoms with Gasteiger partial charge in [0.15, 0.2) is 13.2 Å². The highest BCUT2D eigenvalue weighted by Crippen LogP contribution is 2.58. The van der Waals surface area contributed by atoms with Gasteiger partial charge in [0, 0.05) is 12.2 Å². The van der Waals surface area contributed by atoms with Crippen LogP contribution >= 0.6 is 0 Å². The molecule has 0 radical (unpaired) electrons. The van der Waals surface area contributed by atoms with Crippen LogP contribution in [0.25, 0.3) is 0 Å². The zero-order valence-corrected chi connectivity index (χ0v) is 18.5.